The largest absolute Gasteiger partial charge is 0.490 e. The molecule has 2 N–H and O–H groups in total. The Labute approximate surface area is 170 Å². The molecule has 0 unspecified atom stereocenters. The third-order valence-corrected chi connectivity index (χ3v) is 4.60. The molecule has 6 nitrogen and oxygen atoms in total. The minimum absolute atomic E-state index is 0.502. The SMILES string of the molecule is CCOc1cc(CNn2c(CC)n[nH]c2=S)ccc1OCc1ccc(C)cc1. The number of ether oxygens (including phenoxy) is 2. The molecule has 0 saturated heterocycles. The van der Waals surface area contributed by atoms with Gasteiger partial charge in [0.25, 0.3) is 0 Å². The van der Waals surface area contributed by atoms with E-state index in [2.05, 4.69) is 46.8 Å². The fraction of sp³-hybridized carbons (Fsp3) is 0.333. The van der Waals surface area contributed by atoms with Crippen LogP contribution < -0.4 is 14.9 Å². The Hall–Kier alpha value is -2.80. The number of nitrogens with zero attached hydrogens (tertiary/aromatic N) is 2. The number of aromatic nitrogens is 3. The summed E-state index contributed by atoms with van der Waals surface area (Å²) in [6, 6.07) is 14.3. The van der Waals surface area contributed by atoms with Gasteiger partial charge >= 0.3 is 0 Å². The van der Waals surface area contributed by atoms with E-state index in [1.165, 1.54) is 5.56 Å². The average molecular weight is 399 g/mol. The predicted octanol–water partition coefficient (Wildman–Crippen LogP) is 4.53. The Balaban J connectivity index is 1.70. The summed E-state index contributed by atoms with van der Waals surface area (Å²) in [6.45, 7) is 7.75. The zero-order chi connectivity index (χ0) is 19.9. The Morgan fingerprint density at radius 1 is 1.04 bits per heavy atom. The van der Waals surface area contributed by atoms with Gasteiger partial charge in [-0.15, -0.1) is 0 Å². The number of rotatable bonds is 9. The highest BCUT2D eigenvalue weighted by atomic mass is 32.1. The fourth-order valence-corrected chi connectivity index (χ4v) is 3.01. The summed E-state index contributed by atoms with van der Waals surface area (Å²) >= 11 is 5.27. The molecular formula is C21H26N4O2S. The van der Waals surface area contributed by atoms with Gasteiger partial charge in [-0.05, 0) is 49.3 Å². The molecule has 0 radical (unpaired) electrons. The monoisotopic (exact) mass is 398 g/mol. The number of hydrogen-bond donors (Lipinski definition) is 2. The van der Waals surface area contributed by atoms with E-state index in [0.29, 0.717) is 24.5 Å². The molecule has 3 aromatic rings. The van der Waals surface area contributed by atoms with Crippen molar-refractivity contribution in [2.75, 3.05) is 12.0 Å². The highest BCUT2D eigenvalue weighted by Gasteiger charge is 2.09. The smallest absolute Gasteiger partial charge is 0.214 e. The molecule has 28 heavy (non-hydrogen) atoms. The topological polar surface area (TPSA) is 64.1 Å². The van der Waals surface area contributed by atoms with Crippen LogP contribution in [0.2, 0.25) is 0 Å². The number of benzene rings is 2. The van der Waals surface area contributed by atoms with Crippen LogP contribution in [0, 0.1) is 11.7 Å². The first-order valence-electron chi connectivity index (χ1n) is 9.45. The molecule has 0 aliphatic heterocycles. The normalized spacial score (nSPS) is 10.7. The van der Waals surface area contributed by atoms with Crippen molar-refractivity contribution in [3.05, 3.63) is 69.8 Å². The minimum atomic E-state index is 0.502. The van der Waals surface area contributed by atoms with Gasteiger partial charge < -0.3 is 14.9 Å². The lowest BCUT2D eigenvalue weighted by Crippen LogP contribution is -2.17. The van der Waals surface area contributed by atoms with Crippen molar-refractivity contribution in [2.24, 2.45) is 0 Å². The van der Waals surface area contributed by atoms with E-state index in [-0.39, 0.29) is 0 Å². The van der Waals surface area contributed by atoms with Gasteiger partial charge in [0.2, 0.25) is 4.77 Å². The van der Waals surface area contributed by atoms with Crippen molar-refractivity contribution in [1.82, 2.24) is 14.9 Å². The Morgan fingerprint density at radius 3 is 2.50 bits per heavy atom. The number of hydrogen-bond acceptors (Lipinski definition) is 5. The van der Waals surface area contributed by atoms with Crippen molar-refractivity contribution in [1.29, 1.82) is 0 Å². The molecule has 3 rings (SSSR count). The van der Waals surface area contributed by atoms with Crippen LogP contribution >= 0.6 is 12.2 Å². The van der Waals surface area contributed by atoms with Crippen molar-refractivity contribution < 1.29 is 9.47 Å². The molecule has 0 amide bonds. The molecule has 0 aliphatic rings. The summed E-state index contributed by atoms with van der Waals surface area (Å²) in [4.78, 5) is 0. The molecule has 0 fully saturated rings. The molecule has 0 saturated carbocycles. The van der Waals surface area contributed by atoms with Crippen LogP contribution in [0.15, 0.2) is 42.5 Å². The van der Waals surface area contributed by atoms with E-state index >= 15 is 0 Å². The minimum Gasteiger partial charge on any atom is -0.490 e. The maximum atomic E-state index is 5.99. The molecular weight excluding hydrogens is 372 g/mol. The van der Waals surface area contributed by atoms with E-state index in [9.17, 15) is 0 Å². The second-order valence-corrected chi connectivity index (χ2v) is 6.84. The maximum absolute atomic E-state index is 5.99. The standard InChI is InChI=1S/C21H26N4O2S/c1-4-20-23-24-21(28)25(20)22-13-17-10-11-18(19(12-17)26-5-2)27-14-16-8-6-15(3)7-9-16/h6-12,22H,4-5,13-14H2,1-3H3,(H,24,28). The van der Waals surface area contributed by atoms with Crippen LogP contribution in [0.5, 0.6) is 11.5 Å². The van der Waals surface area contributed by atoms with Gasteiger partial charge in [0, 0.05) is 6.42 Å². The summed E-state index contributed by atoms with van der Waals surface area (Å²) in [5.41, 5.74) is 6.73. The molecule has 1 aromatic heterocycles. The molecule has 1 heterocycles. The van der Waals surface area contributed by atoms with E-state index in [0.717, 1.165) is 34.9 Å². The first kappa shape index (κ1) is 19.9. The van der Waals surface area contributed by atoms with Crippen LogP contribution in [0.3, 0.4) is 0 Å². The second kappa shape index (κ2) is 9.41. The van der Waals surface area contributed by atoms with Crippen LogP contribution in [-0.4, -0.2) is 21.5 Å². The van der Waals surface area contributed by atoms with Gasteiger partial charge in [0.1, 0.15) is 6.61 Å². The molecule has 2 aromatic carbocycles. The van der Waals surface area contributed by atoms with Crippen LogP contribution in [-0.2, 0) is 19.6 Å². The number of aromatic amines is 1. The molecule has 148 valence electrons. The van der Waals surface area contributed by atoms with Crippen molar-refractivity contribution in [2.45, 2.75) is 40.3 Å². The third-order valence-electron chi connectivity index (χ3n) is 4.32. The molecule has 7 heteroatoms. The quantitative estimate of drug-likeness (QED) is 0.519. The molecule has 0 aliphatic carbocycles. The van der Waals surface area contributed by atoms with Gasteiger partial charge in [0.05, 0.1) is 13.2 Å². The lowest BCUT2D eigenvalue weighted by atomic mass is 10.1. The first-order valence-corrected chi connectivity index (χ1v) is 9.85. The third kappa shape index (κ3) is 4.92. The highest BCUT2D eigenvalue weighted by Crippen LogP contribution is 2.29. The summed E-state index contributed by atoms with van der Waals surface area (Å²) in [5, 5.41) is 7.01. The summed E-state index contributed by atoms with van der Waals surface area (Å²) in [6.07, 6.45) is 0.788. The Morgan fingerprint density at radius 2 is 1.79 bits per heavy atom. The van der Waals surface area contributed by atoms with E-state index in [1.807, 2.05) is 32.0 Å². The molecule has 0 spiro atoms. The number of aryl methyl sites for hydroxylation is 2. The summed E-state index contributed by atoms with van der Waals surface area (Å²) in [5.74, 6) is 2.34. The van der Waals surface area contributed by atoms with Gasteiger partial charge in [-0.1, -0.05) is 42.8 Å². The van der Waals surface area contributed by atoms with Gasteiger partial charge in [-0.25, -0.2) is 4.68 Å². The van der Waals surface area contributed by atoms with Gasteiger partial charge in [-0.3, -0.25) is 5.10 Å². The number of nitrogens with one attached hydrogen (secondary N) is 2. The first-order chi connectivity index (χ1) is 13.6. The van der Waals surface area contributed by atoms with Crippen molar-refractivity contribution in [3.63, 3.8) is 0 Å². The van der Waals surface area contributed by atoms with Crippen LogP contribution in [0.25, 0.3) is 0 Å². The fourth-order valence-electron chi connectivity index (χ4n) is 2.80. The van der Waals surface area contributed by atoms with Crippen LogP contribution in [0.1, 0.15) is 36.4 Å². The Bertz CT molecular complexity index is 963. The van der Waals surface area contributed by atoms with E-state index in [1.54, 1.807) is 4.68 Å². The lowest BCUT2D eigenvalue weighted by molar-refractivity contribution is 0.269. The maximum Gasteiger partial charge on any atom is 0.214 e. The lowest BCUT2D eigenvalue weighted by Gasteiger charge is -2.15. The van der Waals surface area contributed by atoms with Crippen molar-refractivity contribution in [3.8, 4) is 11.5 Å². The van der Waals surface area contributed by atoms with Crippen LogP contribution in [0.4, 0.5) is 0 Å². The van der Waals surface area contributed by atoms with E-state index in [4.69, 9.17) is 21.7 Å². The van der Waals surface area contributed by atoms with Crippen molar-refractivity contribution >= 4 is 12.2 Å². The van der Waals surface area contributed by atoms with Gasteiger partial charge in [0.15, 0.2) is 17.3 Å². The average Bonchev–Trinajstić information content (AvgIpc) is 3.06. The second-order valence-electron chi connectivity index (χ2n) is 6.46. The molecule has 0 bridgehead atoms. The Kier molecular flexibility index (Phi) is 6.71. The summed E-state index contributed by atoms with van der Waals surface area (Å²) < 4.78 is 14.1. The molecule has 0 atom stereocenters. The van der Waals surface area contributed by atoms with E-state index < -0.39 is 0 Å². The summed E-state index contributed by atoms with van der Waals surface area (Å²) in [7, 11) is 0. The highest BCUT2D eigenvalue weighted by molar-refractivity contribution is 7.71. The zero-order valence-corrected chi connectivity index (χ0v) is 17.3. The number of H-pyrrole nitrogens is 1. The van der Waals surface area contributed by atoms with Gasteiger partial charge in [-0.2, -0.15) is 5.10 Å². The zero-order valence-electron chi connectivity index (χ0n) is 16.5. The predicted molar refractivity (Wildman–Crippen MR) is 113 cm³/mol.